The highest BCUT2D eigenvalue weighted by Gasteiger charge is 2.26. The van der Waals surface area contributed by atoms with E-state index in [0.717, 1.165) is 0 Å². The molecule has 0 aliphatic carbocycles. The van der Waals surface area contributed by atoms with E-state index in [1.165, 1.54) is 19.2 Å². The van der Waals surface area contributed by atoms with Crippen molar-refractivity contribution in [3.05, 3.63) is 59.5 Å². The lowest BCUT2D eigenvalue weighted by atomic mass is 10.2. The Morgan fingerprint density at radius 3 is 2.23 bits per heavy atom. The van der Waals surface area contributed by atoms with Crippen molar-refractivity contribution in [2.24, 2.45) is 0 Å². The number of hydrogen-bond donors (Lipinski definition) is 0. The average Bonchev–Trinajstić information content (AvgIpc) is 2.93. The number of nitrogens with zero attached hydrogens (tertiary/aromatic N) is 3. The van der Waals surface area contributed by atoms with Crippen LogP contribution < -0.4 is 4.74 Å². The summed E-state index contributed by atoms with van der Waals surface area (Å²) >= 11 is 0. The second kappa shape index (κ2) is 7.95. The largest absolute Gasteiger partial charge is 0.480 e. The Morgan fingerprint density at radius 2 is 1.58 bits per heavy atom. The molecular formula is C19H20FN3O3. The summed E-state index contributed by atoms with van der Waals surface area (Å²) in [5.41, 5.74) is 0.449. The standard InChI is InChI=1S/C19H20FN3O3/c1-26-17-15(7-4-9-21-17)19(25)23-11-5-10-22(12-13-23)18(24)14-6-2-3-8-16(14)20/h2-4,6-9H,5,10-13H2,1H3. The maximum atomic E-state index is 13.9. The predicted octanol–water partition coefficient (Wildman–Crippen LogP) is 2.22. The summed E-state index contributed by atoms with van der Waals surface area (Å²) in [7, 11) is 1.47. The van der Waals surface area contributed by atoms with Crippen molar-refractivity contribution in [2.45, 2.75) is 6.42 Å². The summed E-state index contributed by atoms with van der Waals surface area (Å²) in [6.45, 7) is 1.71. The lowest BCUT2D eigenvalue weighted by Gasteiger charge is -2.22. The summed E-state index contributed by atoms with van der Waals surface area (Å²) in [5, 5.41) is 0. The lowest BCUT2D eigenvalue weighted by molar-refractivity contribution is 0.0714. The smallest absolute Gasteiger partial charge is 0.259 e. The molecule has 2 aromatic rings. The number of pyridine rings is 1. The zero-order chi connectivity index (χ0) is 18.5. The number of carbonyl (C=O) groups excluding carboxylic acids is 2. The van der Waals surface area contributed by atoms with Crippen LogP contribution in [-0.2, 0) is 0 Å². The van der Waals surface area contributed by atoms with E-state index in [4.69, 9.17) is 4.74 Å². The third-order valence-corrected chi connectivity index (χ3v) is 4.37. The zero-order valence-corrected chi connectivity index (χ0v) is 14.5. The normalized spacial score (nSPS) is 14.7. The average molecular weight is 357 g/mol. The molecule has 1 fully saturated rings. The summed E-state index contributed by atoms with van der Waals surface area (Å²) in [6.07, 6.45) is 2.18. The third kappa shape index (κ3) is 3.66. The van der Waals surface area contributed by atoms with Crippen molar-refractivity contribution in [1.29, 1.82) is 0 Å². The molecule has 0 saturated carbocycles. The van der Waals surface area contributed by atoms with Crippen LogP contribution in [0.5, 0.6) is 5.88 Å². The molecule has 2 amide bonds. The second-order valence-corrected chi connectivity index (χ2v) is 5.98. The monoisotopic (exact) mass is 357 g/mol. The van der Waals surface area contributed by atoms with Crippen LogP contribution in [0.1, 0.15) is 27.1 Å². The predicted molar refractivity (Wildman–Crippen MR) is 93.6 cm³/mol. The summed E-state index contributed by atoms with van der Waals surface area (Å²) in [5.74, 6) is -0.790. The molecule has 0 N–H and O–H groups in total. The number of benzene rings is 1. The van der Waals surface area contributed by atoms with Crippen molar-refractivity contribution < 1.29 is 18.7 Å². The van der Waals surface area contributed by atoms with E-state index < -0.39 is 5.82 Å². The van der Waals surface area contributed by atoms with Crippen LogP contribution in [0.25, 0.3) is 0 Å². The molecule has 0 bridgehead atoms. The van der Waals surface area contributed by atoms with Crippen LogP contribution in [0.15, 0.2) is 42.6 Å². The molecule has 0 unspecified atom stereocenters. The molecule has 3 rings (SSSR count). The Bertz CT molecular complexity index is 812. The molecule has 1 saturated heterocycles. The van der Waals surface area contributed by atoms with Crippen molar-refractivity contribution in [2.75, 3.05) is 33.3 Å². The minimum Gasteiger partial charge on any atom is -0.480 e. The van der Waals surface area contributed by atoms with Gasteiger partial charge in [0.05, 0.1) is 12.7 Å². The fourth-order valence-electron chi connectivity index (χ4n) is 3.02. The van der Waals surface area contributed by atoms with Gasteiger partial charge in [0.15, 0.2) is 0 Å². The van der Waals surface area contributed by atoms with Gasteiger partial charge in [-0.3, -0.25) is 9.59 Å². The van der Waals surface area contributed by atoms with Gasteiger partial charge in [-0.2, -0.15) is 0 Å². The summed E-state index contributed by atoms with van der Waals surface area (Å²) < 4.78 is 19.0. The molecule has 2 heterocycles. The van der Waals surface area contributed by atoms with Gasteiger partial charge in [0.25, 0.3) is 11.8 Å². The Labute approximate surface area is 151 Å². The Balaban J connectivity index is 1.71. The van der Waals surface area contributed by atoms with Crippen LogP contribution in [0.4, 0.5) is 4.39 Å². The quantitative estimate of drug-likeness (QED) is 0.845. The molecule has 0 atom stereocenters. The minimum absolute atomic E-state index is 0.0567. The number of aromatic nitrogens is 1. The molecule has 1 aromatic carbocycles. The number of ether oxygens (including phenoxy) is 1. The van der Waals surface area contributed by atoms with Gasteiger partial charge < -0.3 is 14.5 Å². The fourth-order valence-corrected chi connectivity index (χ4v) is 3.02. The molecule has 26 heavy (non-hydrogen) atoms. The summed E-state index contributed by atoms with van der Waals surface area (Å²) in [6, 6.07) is 9.29. The first kappa shape index (κ1) is 17.8. The molecule has 7 heteroatoms. The summed E-state index contributed by atoms with van der Waals surface area (Å²) in [4.78, 5) is 32.7. The number of amides is 2. The first-order valence-electron chi connectivity index (χ1n) is 8.44. The van der Waals surface area contributed by atoms with E-state index in [2.05, 4.69) is 4.98 Å². The van der Waals surface area contributed by atoms with E-state index in [9.17, 15) is 14.0 Å². The molecular weight excluding hydrogens is 337 g/mol. The van der Waals surface area contributed by atoms with Gasteiger partial charge in [-0.25, -0.2) is 9.37 Å². The van der Waals surface area contributed by atoms with Crippen molar-refractivity contribution in [3.63, 3.8) is 0 Å². The van der Waals surface area contributed by atoms with Crippen molar-refractivity contribution in [3.8, 4) is 5.88 Å². The Morgan fingerprint density at radius 1 is 0.962 bits per heavy atom. The SMILES string of the molecule is COc1ncccc1C(=O)N1CCCN(C(=O)c2ccccc2F)CC1. The Hall–Kier alpha value is -2.96. The van der Waals surface area contributed by atoms with Crippen LogP contribution in [0.2, 0.25) is 0 Å². The highest BCUT2D eigenvalue weighted by Crippen LogP contribution is 2.18. The van der Waals surface area contributed by atoms with Gasteiger partial charge in [-0.15, -0.1) is 0 Å². The van der Waals surface area contributed by atoms with Crippen LogP contribution in [0, 0.1) is 5.82 Å². The molecule has 0 spiro atoms. The van der Waals surface area contributed by atoms with Crippen molar-refractivity contribution in [1.82, 2.24) is 14.8 Å². The highest BCUT2D eigenvalue weighted by molar-refractivity contribution is 5.97. The van der Waals surface area contributed by atoms with Gasteiger partial charge in [0.1, 0.15) is 11.4 Å². The topological polar surface area (TPSA) is 62.7 Å². The molecule has 6 nitrogen and oxygen atoms in total. The van der Waals surface area contributed by atoms with E-state index in [0.29, 0.717) is 38.2 Å². The van der Waals surface area contributed by atoms with E-state index in [1.54, 1.807) is 40.3 Å². The first-order valence-corrected chi connectivity index (χ1v) is 8.44. The van der Waals surface area contributed by atoms with Gasteiger partial charge in [-0.05, 0) is 30.7 Å². The first-order chi connectivity index (χ1) is 12.6. The van der Waals surface area contributed by atoms with E-state index in [-0.39, 0.29) is 23.3 Å². The number of rotatable bonds is 3. The van der Waals surface area contributed by atoms with Gasteiger partial charge in [0.2, 0.25) is 5.88 Å². The number of halogens is 1. The minimum atomic E-state index is -0.533. The lowest BCUT2D eigenvalue weighted by Crippen LogP contribution is -2.37. The van der Waals surface area contributed by atoms with Crippen LogP contribution in [-0.4, -0.2) is 59.9 Å². The van der Waals surface area contributed by atoms with Crippen molar-refractivity contribution >= 4 is 11.8 Å². The van der Waals surface area contributed by atoms with E-state index >= 15 is 0 Å². The maximum Gasteiger partial charge on any atom is 0.259 e. The highest BCUT2D eigenvalue weighted by atomic mass is 19.1. The fraction of sp³-hybridized carbons (Fsp3) is 0.316. The van der Waals surface area contributed by atoms with E-state index in [1.807, 2.05) is 0 Å². The van der Waals surface area contributed by atoms with Crippen LogP contribution in [0.3, 0.4) is 0 Å². The Kier molecular flexibility index (Phi) is 5.46. The molecule has 0 radical (unpaired) electrons. The molecule has 136 valence electrons. The van der Waals surface area contributed by atoms with Gasteiger partial charge in [0, 0.05) is 32.4 Å². The zero-order valence-electron chi connectivity index (χ0n) is 14.5. The molecule has 1 aliphatic rings. The molecule has 1 aromatic heterocycles. The third-order valence-electron chi connectivity index (χ3n) is 4.37. The second-order valence-electron chi connectivity index (χ2n) is 5.98. The van der Waals surface area contributed by atoms with Gasteiger partial charge in [-0.1, -0.05) is 12.1 Å². The number of hydrogen-bond acceptors (Lipinski definition) is 4. The van der Waals surface area contributed by atoms with Gasteiger partial charge >= 0.3 is 0 Å². The van der Waals surface area contributed by atoms with Crippen LogP contribution >= 0.6 is 0 Å². The maximum absolute atomic E-state index is 13.9. The molecule has 1 aliphatic heterocycles. The number of methoxy groups -OCH3 is 1. The number of carbonyl (C=O) groups is 2.